The zero-order valence-corrected chi connectivity index (χ0v) is 12.7. The minimum Gasteiger partial charge on any atom is -0.358 e. The number of nitrogens with one attached hydrogen (secondary N) is 2. The van der Waals surface area contributed by atoms with Gasteiger partial charge in [-0.2, -0.15) is 0 Å². The average molecular weight is 262 g/mol. The lowest BCUT2D eigenvalue weighted by molar-refractivity contribution is -0.123. The monoisotopic (exact) mass is 262 g/mol. The molecule has 0 bridgehead atoms. The van der Waals surface area contributed by atoms with Gasteiger partial charge in [-0.15, -0.1) is 0 Å². The average Bonchev–Trinajstić information content (AvgIpc) is 2.36. The van der Waals surface area contributed by atoms with E-state index in [1.807, 2.05) is 0 Å². The Morgan fingerprint density at radius 2 is 1.95 bits per heavy atom. The predicted molar refractivity (Wildman–Crippen MR) is 80.0 cm³/mol. The van der Waals surface area contributed by atoms with E-state index in [4.69, 9.17) is 0 Å². The molecule has 2 atom stereocenters. The normalized spacial score (nSPS) is 14.2. The number of carbonyl (C=O) groups excluding carboxylic acids is 1. The van der Waals surface area contributed by atoms with Gasteiger partial charge in [-0.25, -0.2) is 0 Å². The van der Waals surface area contributed by atoms with E-state index in [-0.39, 0.29) is 18.0 Å². The van der Waals surface area contributed by atoms with E-state index in [0.717, 1.165) is 6.42 Å². The van der Waals surface area contributed by atoms with Crippen LogP contribution in [-0.4, -0.2) is 19.0 Å². The highest BCUT2D eigenvalue weighted by molar-refractivity contribution is 5.81. The molecule has 3 heteroatoms. The Kier molecular flexibility index (Phi) is 6.03. The van der Waals surface area contributed by atoms with Gasteiger partial charge in [-0.1, -0.05) is 43.7 Å². The van der Waals surface area contributed by atoms with Crippen molar-refractivity contribution in [2.45, 2.75) is 46.2 Å². The van der Waals surface area contributed by atoms with Crippen LogP contribution in [0.15, 0.2) is 24.3 Å². The fourth-order valence-corrected chi connectivity index (χ4v) is 2.23. The third-order valence-corrected chi connectivity index (χ3v) is 3.26. The number of likely N-dealkylation sites (N-methyl/N-ethyl adjacent to an activating group) is 1. The summed E-state index contributed by atoms with van der Waals surface area (Å²) < 4.78 is 0. The summed E-state index contributed by atoms with van der Waals surface area (Å²) in [5.74, 6) is 0.549. The van der Waals surface area contributed by atoms with Crippen molar-refractivity contribution in [2.75, 3.05) is 7.05 Å². The predicted octanol–water partition coefficient (Wildman–Crippen LogP) is 2.81. The van der Waals surface area contributed by atoms with E-state index >= 15 is 0 Å². The van der Waals surface area contributed by atoms with Gasteiger partial charge in [0.15, 0.2) is 0 Å². The van der Waals surface area contributed by atoms with Gasteiger partial charge < -0.3 is 5.32 Å². The van der Waals surface area contributed by atoms with Crippen LogP contribution in [0.3, 0.4) is 0 Å². The van der Waals surface area contributed by atoms with E-state index in [1.165, 1.54) is 11.1 Å². The molecule has 0 saturated carbocycles. The molecule has 0 aromatic heterocycles. The largest absolute Gasteiger partial charge is 0.358 e. The first-order chi connectivity index (χ1) is 8.93. The van der Waals surface area contributed by atoms with Gasteiger partial charge in [0.1, 0.15) is 0 Å². The van der Waals surface area contributed by atoms with Crippen LogP contribution in [0, 0.1) is 12.8 Å². The first-order valence-electron chi connectivity index (χ1n) is 6.98. The molecule has 0 fully saturated rings. The molecule has 19 heavy (non-hydrogen) atoms. The number of carbonyl (C=O) groups is 1. The van der Waals surface area contributed by atoms with Crippen LogP contribution in [-0.2, 0) is 4.79 Å². The number of benzene rings is 1. The molecule has 3 nitrogen and oxygen atoms in total. The van der Waals surface area contributed by atoms with Gasteiger partial charge in [0, 0.05) is 13.1 Å². The summed E-state index contributed by atoms with van der Waals surface area (Å²) in [6, 6.07) is 8.43. The molecule has 1 rings (SSSR count). The zero-order valence-electron chi connectivity index (χ0n) is 12.7. The Morgan fingerprint density at radius 1 is 1.26 bits per heavy atom. The topological polar surface area (TPSA) is 41.1 Å². The summed E-state index contributed by atoms with van der Waals surface area (Å²) in [6.07, 6.45) is 0.843. The second-order valence-corrected chi connectivity index (χ2v) is 5.60. The minimum atomic E-state index is -0.138. The van der Waals surface area contributed by atoms with E-state index in [1.54, 1.807) is 7.05 Å². The molecule has 0 aliphatic rings. The van der Waals surface area contributed by atoms with Crippen LogP contribution in [0.1, 0.15) is 44.4 Å². The molecular weight excluding hydrogens is 236 g/mol. The summed E-state index contributed by atoms with van der Waals surface area (Å²) >= 11 is 0. The summed E-state index contributed by atoms with van der Waals surface area (Å²) in [6.45, 7) is 8.45. The number of amides is 1. The van der Waals surface area contributed by atoms with E-state index in [2.05, 4.69) is 62.6 Å². The molecule has 1 aromatic rings. The Balaban J connectivity index is 2.75. The summed E-state index contributed by atoms with van der Waals surface area (Å²) in [5, 5.41) is 6.17. The maximum Gasteiger partial charge on any atom is 0.236 e. The third kappa shape index (κ3) is 5.03. The molecule has 0 radical (unpaired) electrons. The van der Waals surface area contributed by atoms with Gasteiger partial charge in [0.2, 0.25) is 5.91 Å². The van der Waals surface area contributed by atoms with E-state index in [9.17, 15) is 4.79 Å². The molecule has 2 N–H and O–H groups in total. The van der Waals surface area contributed by atoms with Gasteiger partial charge in [-0.3, -0.25) is 10.1 Å². The second kappa shape index (κ2) is 7.29. The first-order valence-corrected chi connectivity index (χ1v) is 6.98. The molecule has 106 valence electrons. The van der Waals surface area contributed by atoms with Crippen molar-refractivity contribution in [1.82, 2.24) is 10.6 Å². The lowest BCUT2D eigenvalue weighted by Gasteiger charge is -2.24. The first kappa shape index (κ1) is 15.7. The van der Waals surface area contributed by atoms with E-state index < -0.39 is 0 Å². The smallest absolute Gasteiger partial charge is 0.236 e. The van der Waals surface area contributed by atoms with Crippen molar-refractivity contribution in [1.29, 1.82) is 0 Å². The number of aryl methyl sites for hydroxylation is 1. The number of hydrogen-bond acceptors (Lipinski definition) is 2. The van der Waals surface area contributed by atoms with Gasteiger partial charge in [0.25, 0.3) is 0 Å². The maximum absolute atomic E-state index is 11.9. The van der Waals surface area contributed by atoms with E-state index in [0.29, 0.717) is 5.92 Å². The fourth-order valence-electron chi connectivity index (χ4n) is 2.23. The molecule has 1 aromatic carbocycles. The van der Waals surface area contributed by atoms with Crippen LogP contribution >= 0.6 is 0 Å². The quantitative estimate of drug-likeness (QED) is 0.827. The Morgan fingerprint density at radius 3 is 2.47 bits per heavy atom. The zero-order chi connectivity index (χ0) is 14.4. The van der Waals surface area contributed by atoms with Gasteiger partial charge in [-0.05, 0) is 31.7 Å². The highest BCUT2D eigenvalue weighted by Gasteiger charge is 2.20. The molecule has 0 heterocycles. The van der Waals surface area contributed by atoms with Crippen LogP contribution in [0.5, 0.6) is 0 Å². The standard InChI is InChI=1S/C16H26N2O/c1-11(2)9-15(16(19)17-5)18-13(4)14-8-6-7-12(3)10-14/h6-8,10-11,13,15,18H,9H2,1-5H3,(H,17,19). The van der Waals surface area contributed by atoms with Crippen molar-refractivity contribution in [2.24, 2.45) is 5.92 Å². The molecule has 0 aliphatic carbocycles. The molecule has 0 aliphatic heterocycles. The van der Waals surface area contributed by atoms with Crippen molar-refractivity contribution >= 4 is 5.91 Å². The fraction of sp³-hybridized carbons (Fsp3) is 0.562. The van der Waals surface area contributed by atoms with Crippen LogP contribution in [0.2, 0.25) is 0 Å². The molecule has 1 amide bonds. The lowest BCUT2D eigenvalue weighted by atomic mass is 10.00. The Hall–Kier alpha value is -1.35. The van der Waals surface area contributed by atoms with Crippen LogP contribution in [0.4, 0.5) is 0 Å². The van der Waals surface area contributed by atoms with Gasteiger partial charge in [0.05, 0.1) is 6.04 Å². The highest BCUT2D eigenvalue weighted by Crippen LogP contribution is 2.16. The number of rotatable bonds is 6. The summed E-state index contributed by atoms with van der Waals surface area (Å²) in [7, 11) is 1.69. The Bertz CT molecular complexity index is 415. The van der Waals surface area contributed by atoms with Crippen molar-refractivity contribution < 1.29 is 4.79 Å². The van der Waals surface area contributed by atoms with Crippen LogP contribution < -0.4 is 10.6 Å². The molecule has 0 saturated heterocycles. The van der Waals surface area contributed by atoms with Crippen molar-refractivity contribution in [3.05, 3.63) is 35.4 Å². The highest BCUT2D eigenvalue weighted by atomic mass is 16.2. The minimum absolute atomic E-state index is 0.0632. The van der Waals surface area contributed by atoms with Crippen molar-refractivity contribution in [3.8, 4) is 0 Å². The summed E-state index contributed by atoms with van der Waals surface area (Å²) in [5.41, 5.74) is 2.46. The summed E-state index contributed by atoms with van der Waals surface area (Å²) in [4.78, 5) is 11.9. The van der Waals surface area contributed by atoms with Gasteiger partial charge >= 0.3 is 0 Å². The third-order valence-electron chi connectivity index (χ3n) is 3.26. The SMILES string of the molecule is CNC(=O)C(CC(C)C)NC(C)c1cccc(C)c1. The number of hydrogen-bond donors (Lipinski definition) is 2. The molecule has 0 spiro atoms. The van der Waals surface area contributed by atoms with Crippen molar-refractivity contribution in [3.63, 3.8) is 0 Å². The lowest BCUT2D eigenvalue weighted by Crippen LogP contribution is -2.44. The Labute approximate surface area is 116 Å². The maximum atomic E-state index is 11.9. The molecular formula is C16H26N2O. The second-order valence-electron chi connectivity index (χ2n) is 5.60. The van der Waals surface area contributed by atoms with Crippen LogP contribution in [0.25, 0.3) is 0 Å². The molecule has 2 unspecified atom stereocenters.